The van der Waals surface area contributed by atoms with Crippen LogP contribution >= 0.6 is 0 Å². The maximum absolute atomic E-state index is 12.4. The van der Waals surface area contributed by atoms with E-state index in [2.05, 4.69) is 10.4 Å². The van der Waals surface area contributed by atoms with Crippen LogP contribution in [0.2, 0.25) is 0 Å². The number of hydrogen-bond donors (Lipinski definition) is 1. The Balaban J connectivity index is 1.67. The van der Waals surface area contributed by atoms with Crippen molar-refractivity contribution in [2.75, 3.05) is 26.1 Å². The maximum atomic E-state index is 12.4. The number of nitrogens with one attached hydrogen (secondary N) is 1. The summed E-state index contributed by atoms with van der Waals surface area (Å²) in [5.41, 5.74) is 3.03. The molecule has 2 aromatic carbocycles. The van der Waals surface area contributed by atoms with Crippen molar-refractivity contribution in [3.63, 3.8) is 0 Å². The molecule has 29 heavy (non-hydrogen) atoms. The summed E-state index contributed by atoms with van der Waals surface area (Å²) in [4.78, 5) is 12.4. The topological polar surface area (TPSA) is 74.6 Å². The molecule has 0 radical (unpaired) electrons. The van der Waals surface area contributed by atoms with Crippen molar-refractivity contribution < 1.29 is 19.0 Å². The van der Waals surface area contributed by atoms with E-state index < -0.39 is 0 Å². The van der Waals surface area contributed by atoms with Gasteiger partial charge in [0.25, 0.3) is 5.91 Å². The predicted molar refractivity (Wildman–Crippen MR) is 111 cm³/mol. The molecule has 0 aliphatic heterocycles. The Labute approximate surface area is 170 Å². The highest BCUT2D eigenvalue weighted by Gasteiger charge is 2.14. The monoisotopic (exact) mass is 395 g/mol. The van der Waals surface area contributed by atoms with E-state index in [1.54, 1.807) is 31.2 Å². The molecule has 0 atom stereocenters. The van der Waals surface area contributed by atoms with Crippen molar-refractivity contribution in [2.24, 2.45) is 0 Å². The average molecular weight is 395 g/mol. The number of rotatable bonds is 8. The third-order valence-electron chi connectivity index (χ3n) is 4.48. The highest BCUT2D eigenvalue weighted by molar-refractivity contribution is 5.91. The quantitative estimate of drug-likeness (QED) is 0.631. The van der Waals surface area contributed by atoms with Crippen LogP contribution in [-0.4, -0.2) is 36.5 Å². The summed E-state index contributed by atoms with van der Waals surface area (Å²) in [6.45, 7) is 4.30. The number of aryl methyl sites for hydroxylation is 2. The van der Waals surface area contributed by atoms with E-state index in [0.717, 1.165) is 16.7 Å². The van der Waals surface area contributed by atoms with E-state index >= 15 is 0 Å². The van der Waals surface area contributed by atoms with Gasteiger partial charge in [0.2, 0.25) is 0 Å². The summed E-state index contributed by atoms with van der Waals surface area (Å²) in [6, 6.07) is 13.2. The molecule has 7 heteroatoms. The molecule has 0 fully saturated rings. The van der Waals surface area contributed by atoms with Crippen molar-refractivity contribution in [3.05, 3.63) is 65.4 Å². The van der Waals surface area contributed by atoms with Gasteiger partial charge in [-0.15, -0.1) is 0 Å². The van der Waals surface area contributed by atoms with Crippen molar-refractivity contribution in [3.8, 4) is 17.2 Å². The summed E-state index contributed by atoms with van der Waals surface area (Å²) in [7, 11) is 3.19. The molecule has 1 aromatic heterocycles. The molecule has 0 aliphatic rings. The highest BCUT2D eigenvalue weighted by atomic mass is 16.5. The first kappa shape index (κ1) is 20.3. The summed E-state index contributed by atoms with van der Waals surface area (Å²) in [5, 5.41) is 7.14. The molecule has 1 amide bonds. The van der Waals surface area contributed by atoms with Crippen LogP contribution in [0.25, 0.3) is 0 Å². The van der Waals surface area contributed by atoms with Gasteiger partial charge < -0.3 is 19.5 Å². The lowest BCUT2D eigenvalue weighted by atomic mass is 10.1. The standard InChI is InChI=1S/C22H25N3O4/c1-15-8-9-18(16(2)12-15)29-14-21(26)24-20-10-11-23-25(20)13-17-6-5-7-19(27-3)22(17)28-4/h5-12H,13-14H2,1-4H3,(H,24,26). The minimum absolute atomic E-state index is 0.0858. The van der Waals surface area contributed by atoms with Crippen molar-refractivity contribution in [2.45, 2.75) is 20.4 Å². The molecule has 0 unspecified atom stereocenters. The first-order chi connectivity index (χ1) is 14.0. The minimum atomic E-state index is -0.260. The van der Waals surface area contributed by atoms with Gasteiger partial charge in [-0.1, -0.05) is 29.8 Å². The Morgan fingerprint density at radius 2 is 1.90 bits per heavy atom. The second-order valence-electron chi connectivity index (χ2n) is 6.63. The zero-order chi connectivity index (χ0) is 20.8. The van der Waals surface area contributed by atoms with Gasteiger partial charge in [-0.3, -0.25) is 4.79 Å². The number of benzene rings is 2. The van der Waals surface area contributed by atoms with E-state index in [9.17, 15) is 4.79 Å². The number of amides is 1. The van der Waals surface area contributed by atoms with Crippen molar-refractivity contribution in [1.29, 1.82) is 0 Å². The number of carbonyl (C=O) groups is 1. The number of hydrogen-bond acceptors (Lipinski definition) is 5. The first-order valence-corrected chi connectivity index (χ1v) is 9.23. The largest absolute Gasteiger partial charge is 0.493 e. The normalized spacial score (nSPS) is 10.5. The van der Waals surface area contributed by atoms with Crippen molar-refractivity contribution >= 4 is 11.7 Å². The molecule has 0 spiro atoms. The Morgan fingerprint density at radius 1 is 1.07 bits per heavy atom. The van der Waals surface area contributed by atoms with E-state index in [1.165, 1.54) is 0 Å². The lowest BCUT2D eigenvalue weighted by Crippen LogP contribution is -2.22. The summed E-state index contributed by atoms with van der Waals surface area (Å²) in [6.07, 6.45) is 1.63. The molecule has 152 valence electrons. The summed E-state index contributed by atoms with van der Waals surface area (Å²) < 4.78 is 18.1. The lowest BCUT2D eigenvalue weighted by Gasteiger charge is -2.14. The predicted octanol–water partition coefficient (Wildman–Crippen LogP) is 3.58. The van der Waals surface area contributed by atoms with Crippen LogP contribution in [0.1, 0.15) is 16.7 Å². The van der Waals surface area contributed by atoms with E-state index in [1.807, 2.05) is 50.2 Å². The smallest absolute Gasteiger partial charge is 0.263 e. The lowest BCUT2D eigenvalue weighted by molar-refractivity contribution is -0.118. The third kappa shape index (κ3) is 4.87. The van der Waals surface area contributed by atoms with Gasteiger partial charge >= 0.3 is 0 Å². The van der Waals surface area contributed by atoms with Gasteiger partial charge in [-0.2, -0.15) is 5.10 Å². The van der Waals surface area contributed by atoms with Gasteiger partial charge in [0.05, 0.1) is 27.0 Å². The van der Waals surface area contributed by atoms with Crippen LogP contribution < -0.4 is 19.5 Å². The fourth-order valence-electron chi connectivity index (χ4n) is 3.09. The first-order valence-electron chi connectivity index (χ1n) is 9.23. The van der Waals surface area contributed by atoms with Gasteiger partial charge in [-0.25, -0.2) is 4.68 Å². The van der Waals surface area contributed by atoms with Crippen molar-refractivity contribution in [1.82, 2.24) is 9.78 Å². The molecule has 3 rings (SSSR count). The number of methoxy groups -OCH3 is 2. The molecule has 0 bridgehead atoms. The average Bonchev–Trinajstić information content (AvgIpc) is 3.13. The Kier molecular flexibility index (Phi) is 6.39. The fourth-order valence-corrected chi connectivity index (χ4v) is 3.09. The van der Waals surface area contributed by atoms with Crippen LogP contribution in [0.3, 0.4) is 0 Å². The molecule has 1 heterocycles. The van der Waals surface area contributed by atoms with Crippen LogP contribution in [0.4, 0.5) is 5.82 Å². The molecule has 3 aromatic rings. The number of ether oxygens (including phenoxy) is 3. The Morgan fingerprint density at radius 3 is 2.62 bits per heavy atom. The van der Waals surface area contributed by atoms with Crippen LogP contribution in [0.5, 0.6) is 17.2 Å². The van der Waals surface area contributed by atoms with Gasteiger partial charge in [-0.05, 0) is 31.5 Å². The summed E-state index contributed by atoms with van der Waals surface area (Å²) >= 11 is 0. The number of anilines is 1. The molecule has 7 nitrogen and oxygen atoms in total. The molecule has 0 aliphatic carbocycles. The SMILES string of the molecule is COc1cccc(Cn2nccc2NC(=O)COc2ccc(C)cc2C)c1OC. The molecule has 1 N–H and O–H groups in total. The van der Waals surface area contributed by atoms with Crippen LogP contribution in [-0.2, 0) is 11.3 Å². The van der Waals surface area contributed by atoms with Gasteiger partial charge in [0, 0.05) is 11.6 Å². The third-order valence-corrected chi connectivity index (χ3v) is 4.48. The van der Waals surface area contributed by atoms with E-state index in [4.69, 9.17) is 14.2 Å². The zero-order valence-electron chi connectivity index (χ0n) is 17.1. The second-order valence-corrected chi connectivity index (χ2v) is 6.63. The van der Waals surface area contributed by atoms with Crippen LogP contribution in [0, 0.1) is 13.8 Å². The molecular formula is C22H25N3O4. The number of nitrogens with zero attached hydrogens (tertiary/aromatic N) is 2. The number of para-hydroxylation sites is 1. The molecule has 0 saturated heterocycles. The summed E-state index contributed by atoms with van der Waals surface area (Å²) in [5.74, 6) is 2.29. The highest BCUT2D eigenvalue weighted by Crippen LogP contribution is 2.31. The fraction of sp³-hybridized carbons (Fsp3) is 0.273. The number of aromatic nitrogens is 2. The van der Waals surface area contributed by atoms with E-state index in [0.29, 0.717) is 29.6 Å². The maximum Gasteiger partial charge on any atom is 0.263 e. The Bertz CT molecular complexity index is 997. The second kappa shape index (κ2) is 9.14. The number of carbonyl (C=O) groups excluding carboxylic acids is 1. The van der Waals surface area contributed by atoms with Gasteiger partial charge in [0.15, 0.2) is 18.1 Å². The Hall–Kier alpha value is -3.48. The molecule has 0 saturated carbocycles. The van der Waals surface area contributed by atoms with E-state index in [-0.39, 0.29) is 12.5 Å². The minimum Gasteiger partial charge on any atom is -0.493 e. The van der Waals surface area contributed by atoms with Gasteiger partial charge in [0.1, 0.15) is 11.6 Å². The zero-order valence-corrected chi connectivity index (χ0v) is 17.1. The van der Waals surface area contributed by atoms with Crippen LogP contribution in [0.15, 0.2) is 48.7 Å². The molecular weight excluding hydrogens is 370 g/mol.